The fraction of sp³-hybridized carbons (Fsp3) is 0.714. The number of pyridine rings is 1. The summed E-state index contributed by atoms with van der Waals surface area (Å²) < 4.78 is 101. The molecule has 0 amide bonds. The predicted molar refractivity (Wildman–Crippen MR) is 144 cm³/mol. The van der Waals surface area contributed by atoms with Crippen molar-refractivity contribution in [3.8, 4) is 0 Å². The Hall–Kier alpha value is -3.19. The average Bonchev–Trinajstić information content (AvgIpc) is 3.55. The molecule has 0 aromatic carbocycles. The van der Waals surface area contributed by atoms with E-state index in [0.717, 1.165) is 18.6 Å². The summed E-state index contributed by atoms with van der Waals surface area (Å²) in [5.41, 5.74) is 1.68. The van der Waals surface area contributed by atoms with Gasteiger partial charge in [0.15, 0.2) is 0 Å². The number of carbonyl (C=O) groups is 3. The van der Waals surface area contributed by atoms with Gasteiger partial charge in [-0.25, -0.2) is 14.4 Å². The van der Waals surface area contributed by atoms with E-state index in [9.17, 15) is 39.5 Å². The third kappa shape index (κ3) is 13.8. The lowest BCUT2D eigenvalue weighted by atomic mass is 9.77. The molecule has 0 unspecified atom stereocenters. The molecule has 47 heavy (non-hydrogen) atoms. The van der Waals surface area contributed by atoms with Gasteiger partial charge in [0, 0.05) is 55.9 Å². The van der Waals surface area contributed by atoms with Crippen LogP contribution in [0.5, 0.6) is 0 Å². The van der Waals surface area contributed by atoms with E-state index in [0.29, 0.717) is 17.9 Å². The van der Waals surface area contributed by atoms with E-state index in [2.05, 4.69) is 20.9 Å². The zero-order chi connectivity index (χ0) is 35.6. The Morgan fingerprint density at radius 3 is 1.81 bits per heavy atom. The van der Waals surface area contributed by atoms with Crippen molar-refractivity contribution in [2.45, 2.75) is 69.7 Å². The highest BCUT2D eigenvalue weighted by atomic mass is 19.4. The number of carboxylic acid groups (broad SMARTS) is 3. The Morgan fingerprint density at radius 1 is 0.872 bits per heavy atom. The number of alkyl halides is 9. The number of hydrogen-bond donors (Lipinski definition) is 3. The van der Waals surface area contributed by atoms with Crippen molar-refractivity contribution in [1.82, 2.24) is 14.8 Å². The highest BCUT2D eigenvalue weighted by Crippen LogP contribution is 2.47. The largest absolute Gasteiger partial charge is 0.490 e. The van der Waals surface area contributed by atoms with Gasteiger partial charge >= 0.3 is 36.4 Å². The number of halogens is 9. The van der Waals surface area contributed by atoms with Crippen molar-refractivity contribution in [1.29, 1.82) is 0 Å². The van der Waals surface area contributed by atoms with Gasteiger partial charge in [-0.3, -0.25) is 9.88 Å². The summed E-state index contributed by atoms with van der Waals surface area (Å²) in [5, 5.41) is 21.4. The molecule has 2 saturated heterocycles. The Balaban J connectivity index is 0.000000301. The topological polar surface area (TPSA) is 140 Å². The van der Waals surface area contributed by atoms with Gasteiger partial charge in [0.05, 0.1) is 13.2 Å². The van der Waals surface area contributed by atoms with Crippen LogP contribution in [0.4, 0.5) is 39.5 Å². The van der Waals surface area contributed by atoms with Crippen LogP contribution in [-0.4, -0.2) is 112 Å². The first-order chi connectivity index (χ1) is 21.6. The first kappa shape index (κ1) is 40.0. The van der Waals surface area contributed by atoms with E-state index in [-0.39, 0.29) is 0 Å². The van der Waals surface area contributed by atoms with E-state index < -0.39 is 36.4 Å². The average molecular weight is 698 g/mol. The quantitative estimate of drug-likeness (QED) is 0.331. The number of carboxylic acids is 3. The van der Waals surface area contributed by atoms with Crippen LogP contribution in [-0.2, 0) is 25.7 Å². The summed E-state index contributed by atoms with van der Waals surface area (Å²) in [7, 11) is 0. The van der Waals surface area contributed by atoms with Crippen molar-refractivity contribution in [2.75, 3.05) is 39.3 Å². The Kier molecular flexibility index (Phi) is 14.3. The molecule has 2 aliphatic carbocycles. The van der Waals surface area contributed by atoms with Gasteiger partial charge in [0.2, 0.25) is 0 Å². The molecule has 0 radical (unpaired) electrons. The van der Waals surface area contributed by atoms with Crippen LogP contribution in [0.25, 0.3) is 0 Å². The molecule has 3 N–H and O–H groups in total. The van der Waals surface area contributed by atoms with Crippen molar-refractivity contribution in [3.63, 3.8) is 0 Å². The van der Waals surface area contributed by atoms with Crippen LogP contribution in [0.3, 0.4) is 0 Å². The minimum absolute atomic E-state index is 0.486. The SMILES string of the molecule is O=C(O)C(F)(F)F.O=C(O)C(F)(F)F.O=C(O)C(F)(F)F.c1cncc(COC[C@@H]2CN(CC3CC3)C[C@@]23CCN(C2CCC2)C3)c1. The fourth-order valence-electron chi connectivity index (χ4n) is 5.44. The molecule has 1 spiro atoms. The molecule has 2 atom stereocenters. The molecule has 2 aliphatic heterocycles. The summed E-state index contributed by atoms with van der Waals surface area (Å²) in [6.45, 7) is 8.16. The molecule has 19 heteroatoms. The molecule has 1 aromatic heterocycles. The Morgan fingerprint density at radius 2 is 1.40 bits per heavy atom. The zero-order valence-electron chi connectivity index (χ0n) is 25.0. The van der Waals surface area contributed by atoms with Gasteiger partial charge in [-0.05, 0) is 56.2 Å². The maximum absolute atomic E-state index is 10.6. The molecule has 5 rings (SSSR count). The number of ether oxygens (including phenoxy) is 1. The van der Waals surface area contributed by atoms with Gasteiger partial charge in [0.25, 0.3) is 0 Å². The molecule has 268 valence electrons. The fourth-order valence-corrected chi connectivity index (χ4v) is 5.44. The standard InChI is InChI=1S/C22H33N3O.3C2HF3O2/c1-4-21(5-1)25-10-8-22(17-25)16-24(12-18-6-7-18)13-20(22)15-26-14-19-3-2-9-23-11-19;3*3-2(4,5)1(6)7/h2-3,9,11,18,20-21H,1,4-8,10,12-17H2;3*(H,6,7)/t20-,22+;;;/m0.../s1. The first-order valence-corrected chi connectivity index (χ1v) is 14.5. The second kappa shape index (κ2) is 16.8. The summed E-state index contributed by atoms with van der Waals surface area (Å²) in [6.07, 6.45) is -2.88. The van der Waals surface area contributed by atoms with Crippen molar-refractivity contribution >= 4 is 17.9 Å². The van der Waals surface area contributed by atoms with Gasteiger partial charge in [0.1, 0.15) is 0 Å². The second-order valence-corrected chi connectivity index (χ2v) is 11.8. The van der Waals surface area contributed by atoms with Gasteiger partial charge in [-0.15, -0.1) is 0 Å². The third-order valence-electron chi connectivity index (χ3n) is 8.14. The number of aromatic nitrogens is 1. The maximum atomic E-state index is 10.6. The van der Waals surface area contributed by atoms with Gasteiger partial charge in [-0.1, -0.05) is 12.5 Å². The van der Waals surface area contributed by atoms with E-state index in [1.807, 2.05) is 18.5 Å². The van der Waals surface area contributed by atoms with Crippen molar-refractivity contribution < 1.29 is 74.0 Å². The van der Waals surface area contributed by atoms with Crippen LogP contribution in [0.15, 0.2) is 24.5 Å². The smallest absolute Gasteiger partial charge is 0.475 e. The Labute approximate surface area is 263 Å². The van der Waals surface area contributed by atoms with Crippen molar-refractivity contribution in [2.24, 2.45) is 17.3 Å². The summed E-state index contributed by atoms with van der Waals surface area (Å²) in [6, 6.07) is 5.01. The highest BCUT2D eigenvalue weighted by Gasteiger charge is 2.52. The summed E-state index contributed by atoms with van der Waals surface area (Å²) >= 11 is 0. The van der Waals surface area contributed by atoms with E-state index in [4.69, 9.17) is 34.4 Å². The lowest BCUT2D eigenvalue weighted by Crippen LogP contribution is -2.42. The van der Waals surface area contributed by atoms with Gasteiger partial charge in [-0.2, -0.15) is 39.5 Å². The van der Waals surface area contributed by atoms with Gasteiger partial charge < -0.3 is 25.0 Å². The lowest BCUT2D eigenvalue weighted by Gasteiger charge is -2.37. The van der Waals surface area contributed by atoms with Crippen LogP contribution in [0.1, 0.15) is 44.1 Å². The third-order valence-corrected chi connectivity index (χ3v) is 8.14. The highest BCUT2D eigenvalue weighted by molar-refractivity contribution is 5.73. The zero-order valence-corrected chi connectivity index (χ0v) is 25.0. The van der Waals surface area contributed by atoms with Crippen LogP contribution in [0.2, 0.25) is 0 Å². The predicted octanol–water partition coefficient (Wildman–Crippen LogP) is 5.08. The normalized spacial score (nSPS) is 23.4. The minimum Gasteiger partial charge on any atom is -0.475 e. The van der Waals surface area contributed by atoms with Crippen LogP contribution >= 0.6 is 0 Å². The van der Waals surface area contributed by atoms with Crippen LogP contribution in [0, 0.1) is 17.3 Å². The maximum Gasteiger partial charge on any atom is 0.490 e. The number of likely N-dealkylation sites (tertiary alicyclic amines) is 2. The second-order valence-electron chi connectivity index (χ2n) is 11.8. The molecular weight excluding hydrogens is 661 g/mol. The first-order valence-electron chi connectivity index (χ1n) is 14.5. The minimum atomic E-state index is -5.08. The molecule has 10 nitrogen and oxygen atoms in total. The lowest BCUT2D eigenvalue weighted by molar-refractivity contribution is -0.193. The number of aliphatic carboxylic acids is 3. The molecule has 3 heterocycles. The summed E-state index contributed by atoms with van der Waals surface area (Å²) in [4.78, 5) is 36.5. The molecule has 2 saturated carbocycles. The monoisotopic (exact) mass is 697 g/mol. The Bertz CT molecular complexity index is 1100. The van der Waals surface area contributed by atoms with E-state index in [1.54, 1.807) is 0 Å². The number of hydrogen-bond acceptors (Lipinski definition) is 7. The molecule has 1 aromatic rings. The molecule has 4 aliphatic rings. The van der Waals surface area contributed by atoms with Crippen molar-refractivity contribution in [3.05, 3.63) is 30.1 Å². The number of nitrogens with zero attached hydrogens (tertiary/aromatic N) is 3. The van der Waals surface area contributed by atoms with E-state index >= 15 is 0 Å². The van der Waals surface area contributed by atoms with E-state index in [1.165, 1.54) is 76.8 Å². The van der Waals surface area contributed by atoms with Crippen LogP contribution < -0.4 is 0 Å². The molecular formula is C28H36F9N3O7. The molecule has 0 bridgehead atoms. The summed E-state index contributed by atoms with van der Waals surface area (Å²) in [5.74, 6) is -6.58. The molecule has 4 fully saturated rings. The number of rotatable bonds is 7.